The number of aryl methyl sites for hydroxylation is 1. The first-order chi connectivity index (χ1) is 9.59. The van der Waals surface area contributed by atoms with Crippen molar-refractivity contribution in [2.45, 2.75) is 11.4 Å². The number of benzene rings is 1. The zero-order valence-electron chi connectivity index (χ0n) is 10.6. The highest BCUT2D eigenvalue weighted by molar-refractivity contribution is 7.85. The summed E-state index contributed by atoms with van der Waals surface area (Å²) in [6.45, 7) is 0.278. The van der Waals surface area contributed by atoms with Crippen LogP contribution in [-0.4, -0.2) is 25.6 Å². The molecule has 0 aliphatic rings. The molecule has 0 fully saturated rings. The molecule has 0 amide bonds. The van der Waals surface area contributed by atoms with Crippen molar-refractivity contribution in [2.24, 2.45) is 0 Å². The fourth-order valence-corrected chi connectivity index (χ4v) is 2.99. The SMILES string of the molecule is O=C(O)c1ccccc1S(=O)CCn1ccccc1=O. The third-order valence-corrected chi connectivity index (χ3v) is 4.18. The Kier molecular flexibility index (Phi) is 4.47. The van der Waals surface area contributed by atoms with Crippen molar-refractivity contribution in [3.05, 3.63) is 64.6 Å². The van der Waals surface area contributed by atoms with Crippen LogP contribution in [0.5, 0.6) is 0 Å². The largest absolute Gasteiger partial charge is 0.478 e. The van der Waals surface area contributed by atoms with Gasteiger partial charge in [0.05, 0.1) is 21.3 Å². The predicted octanol–water partition coefficient (Wildman–Crippen LogP) is 1.35. The lowest BCUT2D eigenvalue weighted by Gasteiger charge is -2.07. The summed E-state index contributed by atoms with van der Waals surface area (Å²) in [6, 6.07) is 11.0. The summed E-state index contributed by atoms with van der Waals surface area (Å²) in [4.78, 5) is 22.9. The number of hydrogen-bond donors (Lipinski definition) is 1. The third-order valence-electron chi connectivity index (χ3n) is 2.78. The van der Waals surface area contributed by atoms with Gasteiger partial charge in [-0.05, 0) is 18.2 Å². The first-order valence-electron chi connectivity index (χ1n) is 5.96. The number of rotatable bonds is 5. The molecule has 0 aliphatic heterocycles. The second kappa shape index (κ2) is 6.29. The number of nitrogens with zero attached hydrogens (tertiary/aromatic N) is 1. The molecular formula is C14H13NO4S. The molecule has 0 aliphatic carbocycles. The van der Waals surface area contributed by atoms with Crippen LogP contribution in [0.15, 0.2) is 58.4 Å². The van der Waals surface area contributed by atoms with E-state index in [2.05, 4.69) is 0 Å². The number of carboxylic acids is 1. The van der Waals surface area contributed by atoms with Crippen molar-refractivity contribution >= 4 is 16.8 Å². The average molecular weight is 291 g/mol. The number of pyridine rings is 1. The first kappa shape index (κ1) is 14.2. The van der Waals surface area contributed by atoms with Gasteiger partial charge in [0.25, 0.3) is 5.56 Å². The van der Waals surface area contributed by atoms with E-state index in [1.165, 1.54) is 22.8 Å². The van der Waals surface area contributed by atoms with Gasteiger partial charge >= 0.3 is 5.97 Å². The highest BCUT2D eigenvalue weighted by Crippen LogP contribution is 2.14. The van der Waals surface area contributed by atoms with Crippen LogP contribution in [0, 0.1) is 0 Å². The van der Waals surface area contributed by atoms with Crippen molar-refractivity contribution in [1.29, 1.82) is 0 Å². The summed E-state index contributed by atoms with van der Waals surface area (Å²) in [5.41, 5.74) is -0.137. The number of hydrogen-bond acceptors (Lipinski definition) is 3. The quantitative estimate of drug-likeness (QED) is 0.902. The Bertz CT molecular complexity index is 708. The monoisotopic (exact) mass is 291 g/mol. The Hall–Kier alpha value is -2.21. The number of aromatic nitrogens is 1. The summed E-state index contributed by atoms with van der Waals surface area (Å²) in [7, 11) is -1.46. The zero-order chi connectivity index (χ0) is 14.5. The summed E-state index contributed by atoms with van der Waals surface area (Å²) in [6.07, 6.45) is 1.61. The molecule has 0 bridgehead atoms. The normalized spacial score (nSPS) is 12.0. The van der Waals surface area contributed by atoms with E-state index in [4.69, 9.17) is 5.11 Å². The highest BCUT2D eigenvalue weighted by atomic mass is 32.2. The standard InChI is InChI=1S/C14H13NO4S/c16-13-7-3-4-8-15(13)9-10-20(19)12-6-2-1-5-11(12)14(17)18/h1-8H,9-10H2,(H,17,18). The van der Waals surface area contributed by atoms with Crippen LogP contribution in [0.4, 0.5) is 0 Å². The second-order valence-corrected chi connectivity index (χ2v) is 5.62. The molecule has 2 rings (SSSR count). The summed E-state index contributed by atoms with van der Waals surface area (Å²) < 4.78 is 13.6. The van der Waals surface area contributed by atoms with Crippen LogP contribution in [0.1, 0.15) is 10.4 Å². The zero-order valence-corrected chi connectivity index (χ0v) is 11.4. The number of aromatic carboxylic acids is 1. The molecule has 1 aromatic heterocycles. The van der Waals surface area contributed by atoms with Gasteiger partial charge in [-0.1, -0.05) is 18.2 Å². The predicted molar refractivity (Wildman–Crippen MR) is 75.4 cm³/mol. The Labute approximate surface area is 118 Å². The molecule has 0 spiro atoms. The van der Waals surface area contributed by atoms with E-state index in [9.17, 15) is 13.8 Å². The van der Waals surface area contributed by atoms with Crippen LogP contribution in [-0.2, 0) is 17.3 Å². The van der Waals surface area contributed by atoms with Crippen LogP contribution in [0.25, 0.3) is 0 Å². The minimum atomic E-state index is -1.46. The Morgan fingerprint density at radius 3 is 2.55 bits per heavy atom. The van der Waals surface area contributed by atoms with E-state index >= 15 is 0 Å². The van der Waals surface area contributed by atoms with Crippen LogP contribution >= 0.6 is 0 Å². The second-order valence-electron chi connectivity index (χ2n) is 4.08. The fourth-order valence-electron chi connectivity index (χ4n) is 1.78. The molecule has 1 aromatic carbocycles. The van der Waals surface area contributed by atoms with Crippen molar-refractivity contribution in [1.82, 2.24) is 4.57 Å². The van der Waals surface area contributed by atoms with Gasteiger partial charge in [-0.25, -0.2) is 4.79 Å². The van der Waals surface area contributed by atoms with Gasteiger partial charge in [0.1, 0.15) is 0 Å². The molecule has 1 atom stereocenters. The van der Waals surface area contributed by atoms with Crippen molar-refractivity contribution in [2.75, 3.05) is 5.75 Å². The molecule has 5 nitrogen and oxygen atoms in total. The lowest BCUT2D eigenvalue weighted by molar-refractivity contribution is 0.0693. The minimum absolute atomic E-state index is 0.0336. The van der Waals surface area contributed by atoms with E-state index in [0.29, 0.717) is 0 Å². The lowest BCUT2D eigenvalue weighted by Crippen LogP contribution is -2.21. The van der Waals surface area contributed by atoms with Crippen LogP contribution < -0.4 is 5.56 Å². The third kappa shape index (κ3) is 3.21. The van der Waals surface area contributed by atoms with Gasteiger partial charge < -0.3 is 9.67 Å². The fraction of sp³-hybridized carbons (Fsp3) is 0.143. The van der Waals surface area contributed by atoms with Gasteiger partial charge in [0.2, 0.25) is 0 Å². The molecule has 1 N–H and O–H groups in total. The molecule has 0 saturated heterocycles. The van der Waals surface area contributed by atoms with E-state index in [1.807, 2.05) is 0 Å². The maximum absolute atomic E-state index is 12.2. The van der Waals surface area contributed by atoms with Crippen LogP contribution in [0.2, 0.25) is 0 Å². The molecule has 104 valence electrons. The van der Waals surface area contributed by atoms with Crippen molar-refractivity contribution < 1.29 is 14.1 Å². The molecule has 0 saturated carbocycles. The van der Waals surface area contributed by atoms with E-state index in [-0.39, 0.29) is 28.3 Å². The summed E-state index contributed by atoms with van der Waals surface area (Å²) in [5, 5.41) is 9.05. The molecule has 6 heteroatoms. The van der Waals surface area contributed by atoms with Gasteiger partial charge in [0, 0.05) is 24.6 Å². The van der Waals surface area contributed by atoms with Gasteiger partial charge in [0.15, 0.2) is 0 Å². The van der Waals surface area contributed by atoms with Gasteiger partial charge in [-0.3, -0.25) is 9.00 Å². The number of carboxylic acid groups (broad SMARTS) is 1. The summed E-state index contributed by atoms with van der Waals surface area (Å²) >= 11 is 0. The van der Waals surface area contributed by atoms with Crippen molar-refractivity contribution in [3.8, 4) is 0 Å². The van der Waals surface area contributed by atoms with Crippen LogP contribution in [0.3, 0.4) is 0 Å². The first-order valence-corrected chi connectivity index (χ1v) is 7.27. The van der Waals surface area contributed by atoms with E-state index < -0.39 is 16.8 Å². The molecule has 1 heterocycles. The van der Waals surface area contributed by atoms with Crippen molar-refractivity contribution in [3.63, 3.8) is 0 Å². The molecule has 1 unspecified atom stereocenters. The van der Waals surface area contributed by atoms with E-state index in [0.717, 1.165) is 0 Å². The molecule has 0 radical (unpaired) electrons. The Morgan fingerprint density at radius 2 is 1.85 bits per heavy atom. The molecule has 2 aromatic rings. The maximum atomic E-state index is 12.2. The number of carbonyl (C=O) groups is 1. The maximum Gasteiger partial charge on any atom is 0.336 e. The van der Waals surface area contributed by atoms with Gasteiger partial charge in [-0.2, -0.15) is 0 Å². The molecule has 20 heavy (non-hydrogen) atoms. The van der Waals surface area contributed by atoms with Gasteiger partial charge in [-0.15, -0.1) is 0 Å². The minimum Gasteiger partial charge on any atom is -0.478 e. The highest BCUT2D eigenvalue weighted by Gasteiger charge is 2.14. The topological polar surface area (TPSA) is 76.4 Å². The average Bonchev–Trinajstić information content (AvgIpc) is 2.46. The lowest BCUT2D eigenvalue weighted by atomic mass is 10.2. The Balaban J connectivity index is 2.16. The summed E-state index contributed by atoms with van der Waals surface area (Å²) in [5.74, 6) is -0.917. The smallest absolute Gasteiger partial charge is 0.336 e. The van der Waals surface area contributed by atoms with E-state index in [1.54, 1.807) is 30.5 Å². The molecular weight excluding hydrogens is 278 g/mol. The Morgan fingerprint density at radius 1 is 1.15 bits per heavy atom.